The van der Waals surface area contributed by atoms with Gasteiger partial charge in [-0.25, -0.2) is 4.79 Å². The SMILES string of the molecule is CCC(C)(NC(=O)c1cccc(OCc2cccnc2)c1)C(=O)O. The van der Waals surface area contributed by atoms with Crippen LogP contribution in [0, 0.1) is 0 Å². The highest BCUT2D eigenvalue weighted by atomic mass is 16.5. The highest BCUT2D eigenvalue weighted by molar-refractivity contribution is 5.98. The molecule has 1 aromatic heterocycles. The molecular weight excluding hydrogens is 308 g/mol. The van der Waals surface area contributed by atoms with Crippen molar-refractivity contribution in [3.8, 4) is 5.75 Å². The van der Waals surface area contributed by atoms with Crippen molar-refractivity contribution < 1.29 is 19.4 Å². The van der Waals surface area contributed by atoms with E-state index >= 15 is 0 Å². The summed E-state index contributed by atoms with van der Waals surface area (Å²) in [6.07, 6.45) is 3.67. The Balaban J connectivity index is 2.06. The number of ether oxygens (including phenoxy) is 1. The molecule has 6 nitrogen and oxygen atoms in total. The van der Waals surface area contributed by atoms with E-state index < -0.39 is 17.4 Å². The molecule has 24 heavy (non-hydrogen) atoms. The number of carboxylic acids is 1. The molecule has 2 rings (SSSR count). The summed E-state index contributed by atoms with van der Waals surface area (Å²) < 4.78 is 5.65. The van der Waals surface area contributed by atoms with Crippen LogP contribution in [-0.4, -0.2) is 27.5 Å². The summed E-state index contributed by atoms with van der Waals surface area (Å²) in [6, 6.07) is 10.3. The fraction of sp³-hybridized carbons (Fsp3) is 0.278. The number of carbonyl (C=O) groups is 2. The zero-order valence-electron chi connectivity index (χ0n) is 13.7. The Bertz CT molecular complexity index is 718. The second-order valence-electron chi connectivity index (χ2n) is 5.62. The summed E-state index contributed by atoms with van der Waals surface area (Å²) in [5.41, 5.74) is -0.0414. The van der Waals surface area contributed by atoms with Gasteiger partial charge in [0.15, 0.2) is 0 Å². The largest absolute Gasteiger partial charge is 0.489 e. The molecule has 0 fully saturated rings. The Morgan fingerprint density at radius 1 is 1.29 bits per heavy atom. The van der Waals surface area contributed by atoms with Crippen molar-refractivity contribution in [1.82, 2.24) is 10.3 Å². The fourth-order valence-electron chi connectivity index (χ4n) is 1.99. The first kappa shape index (κ1) is 17.5. The molecule has 0 bridgehead atoms. The Kier molecular flexibility index (Phi) is 5.52. The molecule has 1 heterocycles. The van der Waals surface area contributed by atoms with Crippen LogP contribution in [0.4, 0.5) is 0 Å². The molecule has 2 N–H and O–H groups in total. The molecule has 0 aliphatic rings. The number of pyridine rings is 1. The van der Waals surface area contributed by atoms with Crippen molar-refractivity contribution in [2.45, 2.75) is 32.4 Å². The summed E-state index contributed by atoms with van der Waals surface area (Å²) in [4.78, 5) is 27.6. The predicted octanol–water partition coefficient (Wildman–Crippen LogP) is 2.64. The lowest BCUT2D eigenvalue weighted by Crippen LogP contribution is -2.51. The van der Waals surface area contributed by atoms with E-state index in [1.165, 1.54) is 6.92 Å². The van der Waals surface area contributed by atoms with E-state index in [9.17, 15) is 14.7 Å². The van der Waals surface area contributed by atoms with Gasteiger partial charge in [-0.05, 0) is 37.6 Å². The van der Waals surface area contributed by atoms with Gasteiger partial charge in [0.1, 0.15) is 17.9 Å². The van der Waals surface area contributed by atoms with Gasteiger partial charge in [-0.1, -0.05) is 19.1 Å². The Hall–Kier alpha value is -2.89. The molecule has 0 saturated heterocycles. The van der Waals surface area contributed by atoms with E-state index in [4.69, 9.17) is 4.74 Å². The van der Waals surface area contributed by atoms with Crippen molar-refractivity contribution in [2.24, 2.45) is 0 Å². The van der Waals surface area contributed by atoms with Gasteiger partial charge in [0, 0.05) is 23.5 Å². The zero-order valence-corrected chi connectivity index (χ0v) is 13.7. The smallest absolute Gasteiger partial charge is 0.329 e. The first-order valence-electron chi connectivity index (χ1n) is 7.62. The monoisotopic (exact) mass is 328 g/mol. The van der Waals surface area contributed by atoms with E-state index in [1.807, 2.05) is 12.1 Å². The maximum absolute atomic E-state index is 12.3. The molecule has 0 radical (unpaired) electrons. The van der Waals surface area contributed by atoms with Crippen molar-refractivity contribution in [3.63, 3.8) is 0 Å². The summed E-state index contributed by atoms with van der Waals surface area (Å²) in [7, 11) is 0. The van der Waals surface area contributed by atoms with Crippen molar-refractivity contribution in [3.05, 3.63) is 59.9 Å². The van der Waals surface area contributed by atoms with Crippen LogP contribution in [0.2, 0.25) is 0 Å². The molecule has 2 aromatic rings. The summed E-state index contributed by atoms with van der Waals surface area (Å²) >= 11 is 0. The first-order chi connectivity index (χ1) is 11.4. The minimum atomic E-state index is -1.30. The average molecular weight is 328 g/mol. The minimum Gasteiger partial charge on any atom is -0.489 e. The fourth-order valence-corrected chi connectivity index (χ4v) is 1.99. The van der Waals surface area contributed by atoms with Gasteiger partial charge in [0.2, 0.25) is 0 Å². The molecule has 1 atom stereocenters. The van der Waals surface area contributed by atoms with Crippen LogP contribution in [0.3, 0.4) is 0 Å². The molecule has 1 unspecified atom stereocenters. The number of carboxylic acid groups (broad SMARTS) is 1. The average Bonchev–Trinajstić information content (AvgIpc) is 2.60. The van der Waals surface area contributed by atoms with Crippen molar-refractivity contribution >= 4 is 11.9 Å². The molecule has 0 aliphatic carbocycles. The maximum Gasteiger partial charge on any atom is 0.329 e. The number of rotatable bonds is 7. The van der Waals surface area contributed by atoms with Gasteiger partial charge in [0.05, 0.1) is 0 Å². The molecule has 126 valence electrons. The summed E-state index contributed by atoms with van der Waals surface area (Å²) in [5, 5.41) is 11.8. The second-order valence-corrected chi connectivity index (χ2v) is 5.62. The number of carbonyl (C=O) groups excluding carboxylic acids is 1. The third-order valence-electron chi connectivity index (χ3n) is 3.79. The van der Waals surface area contributed by atoms with Gasteiger partial charge in [-0.3, -0.25) is 9.78 Å². The van der Waals surface area contributed by atoms with E-state index in [1.54, 1.807) is 43.6 Å². The molecule has 0 aliphatic heterocycles. The number of amides is 1. The van der Waals surface area contributed by atoms with Crippen LogP contribution in [0.1, 0.15) is 36.2 Å². The van der Waals surface area contributed by atoms with Gasteiger partial charge in [-0.2, -0.15) is 0 Å². The number of aromatic nitrogens is 1. The minimum absolute atomic E-state index is 0.283. The number of hydrogen-bond donors (Lipinski definition) is 2. The molecule has 6 heteroatoms. The second kappa shape index (κ2) is 7.59. The van der Waals surface area contributed by atoms with Crippen LogP contribution in [-0.2, 0) is 11.4 Å². The molecule has 1 aromatic carbocycles. The van der Waals surface area contributed by atoms with E-state index in [-0.39, 0.29) is 6.42 Å². The van der Waals surface area contributed by atoms with Crippen LogP contribution < -0.4 is 10.1 Å². The number of aliphatic carboxylic acids is 1. The lowest BCUT2D eigenvalue weighted by atomic mass is 9.98. The van der Waals surface area contributed by atoms with Crippen LogP contribution in [0.25, 0.3) is 0 Å². The van der Waals surface area contributed by atoms with E-state index in [2.05, 4.69) is 10.3 Å². The Labute approximate surface area is 140 Å². The number of nitrogens with one attached hydrogen (secondary N) is 1. The third kappa shape index (κ3) is 4.32. The van der Waals surface area contributed by atoms with Crippen molar-refractivity contribution in [1.29, 1.82) is 0 Å². The van der Waals surface area contributed by atoms with Gasteiger partial charge in [0.25, 0.3) is 5.91 Å². The standard InChI is InChI=1S/C18H20N2O4/c1-3-18(2,17(22)23)20-16(21)14-7-4-8-15(10-14)24-12-13-6-5-9-19-11-13/h4-11H,3,12H2,1-2H3,(H,20,21)(H,22,23). The zero-order chi connectivity index (χ0) is 17.6. The Morgan fingerprint density at radius 2 is 2.08 bits per heavy atom. The number of benzene rings is 1. The normalized spacial score (nSPS) is 12.9. The molecule has 1 amide bonds. The lowest BCUT2D eigenvalue weighted by molar-refractivity contribution is -0.143. The van der Waals surface area contributed by atoms with Gasteiger partial charge >= 0.3 is 5.97 Å². The maximum atomic E-state index is 12.3. The number of hydrogen-bond acceptors (Lipinski definition) is 4. The van der Waals surface area contributed by atoms with Gasteiger partial charge < -0.3 is 15.2 Å². The predicted molar refractivity (Wildman–Crippen MR) is 88.8 cm³/mol. The van der Waals surface area contributed by atoms with Crippen LogP contribution in [0.5, 0.6) is 5.75 Å². The van der Waals surface area contributed by atoms with Crippen molar-refractivity contribution in [2.75, 3.05) is 0 Å². The Morgan fingerprint density at radius 3 is 2.71 bits per heavy atom. The number of nitrogens with zero attached hydrogens (tertiary/aromatic N) is 1. The van der Waals surface area contributed by atoms with Crippen LogP contribution in [0.15, 0.2) is 48.8 Å². The van der Waals surface area contributed by atoms with E-state index in [0.717, 1.165) is 5.56 Å². The topological polar surface area (TPSA) is 88.5 Å². The first-order valence-corrected chi connectivity index (χ1v) is 7.62. The van der Waals surface area contributed by atoms with Crippen LogP contribution >= 0.6 is 0 Å². The molecule has 0 spiro atoms. The molecular formula is C18H20N2O4. The highest BCUT2D eigenvalue weighted by Gasteiger charge is 2.33. The van der Waals surface area contributed by atoms with Gasteiger partial charge in [-0.15, -0.1) is 0 Å². The molecule has 0 saturated carbocycles. The summed E-state index contributed by atoms with van der Waals surface area (Å²) in [5.74, 6) is -0.990. The highest BCUT2D eigenvalue weighted by Crippen LogP contribution is 2.17. The summed E-state index contributed by atoms with van der Waals surface area (Å²) in [6.45, 7) is 3.53. The lowest BCUT2D eigenvalue weighted by Gasteiger charge is -2.24. The quantitative estimate of drug-likeness (QED) is 0.816. The van der Waals surface area contributed by atoms with E-state index in [0.29, 0.717) is 17.9 Å². The third-order valence-corrected chi connectivity index (χ3v) is 3.79.